The Hall–Kier alpha value is -1.62. The van der Waals surface area contributed by atoms with Crippen LogP contribution in [0.4, 0.5) is 0 Å². The van der Waals surface area contributed by atoms with E-state index in [2.05, 4.69) is 4.84 Å². The van der Waals surface area contributed by atoms with Crippen LogP contribution in [0.25, 0.3) is 0 Å². The number of aryl methyl sites for hydroxylation is 1. The topological polar surface area (TPSA) is 69.4 Å². The van der Waals surface area contributed by atoms with E-state index in [0.717, 1.165) is 0 Å². The highest BCUT2D eigenvalue weighted by Gasteiger charge is 2.13. The predicted molar refractivity (Wildman–Crippen MR) is 48.6 cm³/mol. The Labute approximate surface area is 84.3 Å². The van der Waals surface area contributed by atoms with Crippen molar-refractivity contribution in [2.75, 3.05) is 0 Å². The van der Waals surface area contributed by atoms with Gasteiger partial charge in [0.1, 0.15) is 0 Å². The molecule has 74 valence electrons. The molecule has 0 saturated heterocycles. The SMILES string of the molecule is Cc1ccc(Cl)cc1C(=O)O[N+](=O)[O-]. The standard InChI is InChI=1S/C8H6ClNO4/c1-5-2-3-6(9)4-7(5)8(11)14-10(12)13/h2-4H,1H3. The largest absolute Gasteiger partial charge is 0.334 e. The molecule has 0 unspecified atom stereocenters. The monoisotopic (exact) mass is 215 g/mol. The second kappa shape index (κ2) is 4.06. The van der Waals surface area contributed by atoms with Gasteiger partial charge in [-0.05, 0) is 24.6 Å². The fourth-order valence-electron chi connectivity index (χ4n) is 0.931. The third-order valence-electron chi connectivity index (χ3n) is 1.58. The average molecular weight is 216 g/mol. The quantitative estimate of drug-likeness (QED) is 0.559. The lowest BCUT2D eigenvalue weighted by Gasteiger charge is -2.02. The molecule has 5 nitrogen and oxygen atoms in total. The van der Waals surface area contributed by atoms with E-state index in [-0.39, 0.29) is 5.56 Å². The van der Waals surface area contributed by atoms with Gasteiger partial charge in [0.25, 0.3) is 0 Å². The predicted octanol–water partition coefficient (Wildman–Crippen LogP) is 2.00. The first-order valence-corrected chi connectivity index (χ1v) is 4.01. The van der Waals surface area contributed by atoms with E-state index in [9.17, 15) is 14.9 Å². The maximum absolute atomic E-state index is 11.1. The van der Waals surface area contributed by atoms with Crippen LogP contribution >= 0.6 is 11.6 Å². The zero-order valence-corrected chi connectivity index (χ0v) is 7.95. The molecule has 0 atom stereocenters. The molecule has 1 aromatic rings. The lowest BCUT2D eigenvalue weighted by molar-refractivity contribution is -0.727. The van der Waals surface area contributed by atoms with Gasteiger partial charge in [0.15, 0.2) is 0 Å². The Balaban J connectivity index is 3.00. The van der Waals surface area contributed by atoms with Gasteiger partial charge in [0, 0.05) is 5.02 Å². The minimum atomic E-state index is -1.15. The van der Waals surface area contributed by atoms with Crippen molar-refractivity contribution in [1.29, 1.82) is 0 Å². The summed E-state index contributed by atoms with van der Waals surface area (Å²) < 4.78 is 0. The van der Waals surface area contributed by atoms with Gasteiger partial charge >= 0.3 is 11.1 Å². The average Bonchev–Trinajstić information content (AvgIpc) is 2.08. The molecule has 14 heavy (non-hydrogen) atoms. The molecular formula is C8H6ClNO4. The zero-order chi connectivity index (χ0) is 10.7. The molecule has 0 aliphatic heterocycles. The molecule has 0 bridgehead atoms. The summed E-state index contributed by atoms with van der Waals surface area (Å²) in [7, 11) is 0. The Morgan fingerprint density at radius 3 is 2.79 bits per heavy atom. The van der Waals surface area contributed by atoms with Crippen LogP contribution in [0.5, 0.6) is 0 Å². The van der Waals surface area contributed by atoms with E-state index < -0.39 is 11.1 Å². The van der Waals surface area contributed by atoms with Gasteiger partial charge in [0.2, 0.25) is 0 Å². The summed E-state index contributed by atoms with van der Waals surface area (Å²) in [4.78, 5) is 24.8. The number of halogens is 1. The minimum absolute atomic E-state index is 0.0919. The highest BCUT2D eigenvalue weighted by Crippen LogP contribution is 2.16. The van der Waals surface area contributed by atoms with Gasteiger partial charge in [-0.25, -0.2) is 4.84 Å². The molecule has 6 heteroatoms. The van der Waals surface area contributed by atoms with Crippen molar-refractivity contribution in [3.8, 4) is 0 Å². The number of carbonyl (C=O) groups is 1. The van der Waals surface area contributed by atoms with E-state index in [4.69, 9.17) is 11.6 Å². The Morgan fingerprint density at radius 1 is 1.57 bits per heavy atom. The van der Waals surface area contributed by atoms with Crippen LogP contribution in [0.1, 0.15) is 15.9 Å². The molecule has 0 heterocycles. The lowest BCUT2D eigenvalue weighted by Crippen LogP contribution is -2.11. The number of rotatable bonds is 2. The van der Waals surface area contributed by atoms with Crippen LogP contribution in [0.2, 0.25) is 5.02 Å². The fourth-order valence-corrected chi connectivity index (χ4v) is 1.10. The molecule has 0 saturated carbocycles. The van der Waals surface area contributed by atoms with Crippen LogP contribution < -0.4 is 0 Å². The molecule has 0 aliphatic rings. The van der Waals surface area contributed by atoms with Crippen molar-refractivity contribution in [1.82, 2.24) is 0 Å². The van der Waals surface area contributed by atoms with Crippen LogP contribution in [0.3, 0.4) is 0 Å². The van der Waals surface area contributed by atoms with E-state index in [0.29, 0.717) is 10.6 Å². The normalized spacial score (nSPS) is 9.57. The highest BCUT2D eigenvalue weighted by atomic mass is 35.5. The number of nitrogens with zero attached hydrogens (tertiary/aromatic N) is 1. The first kappa shape index (κ1) is 10.5. The second-order valence-electron chi connectivity index (χ2n) is 2.56. The molecule has 0 amide bonds. The van der Waals surface area contributed by atoms with E-state index in [1.165, 1.54) is 6.07 Å². The fraction of sp³-hybridized carbons (Fsp3) is 0.125. The van der Waals surface area contributed by atoms with Crippen molar-refractivity contribution in [2.24, 2.45) is 0 Å². The van der Waals surface area contributed by atoms with Gasteiger partial charge in [-0.3, -0.25) is 4.79 Å². The van der Waals surface area contributed by atoms with Gasteiger partial charge in [-0.1, -0.05) is 17.7 Å². The smallest absolute Gasteiger partial charge is 0.263 e. The highest BCUT2D eigenvalue weighted by molar-refractivity contribution is 6.30. The lowest BCUT2D eigenvalue weighted by atomic mass is 10.1. The molecule has 0 aromatic heterocycles. The van der Waals surface area contributed by atoms with Crippen molar-refractivity contribution >= 4 is 17.6 Å². The van der Waals surface area contributed by atoms with E-state index in [1.54, 1.807) is 19.1 Å². The maximum atomic E-state index is 11.1. The van der Waals surface area contributed by atoms with Crippen molar-refractivity contribution in [3.05, 3.63) is 44.5 Å². The second-order valence-corrected chi connectivity index (χ2v) is 3.00. The molecule has 0 fully saturated rings. The summed E-state index contributed by atoms with van der Waals surface area (Å²) in [6.45, 7) is 1.63. The van der Waals surface area contributed by atoms with Crippen LogP contribution in [-0.4, -0.2) is 11.1 Å². The van der Waals surface area contributed by atoms with Gasteiger partial charge in [-0.15, -0.1) is 10.1 Å². The Kier molecular flexibility index (Phi) is 3.03. The summed E-state index contributed by atoms with van der Waals surface area (Å²) in [5, 5.41) is 9.08. The molecular weight excluding hydrogens is 210 g/mol. The summed E-state index contributed by atoms with van der Waals surface area (Å²) >= 11 is 5.62. The molecule has 1 aromatic carbocycles. The Morgan fingerprint density at radius 2 is 2.21 bits per heavy atom. The first-order valence-electron chi connectivity index (χ1n) is 3.63. The Bertz CT molecular complexity index is 391. The maximum Gasteiger partial charge on any atom is 0.334 e. The molecule has 0 N–H and O–H groups in total. The van der Waals surface area contributed by atoms with Crippen molar-refractivity contribution in [3.63, 3.8) is 0 Å². The summed E-state index contributed by atoms with van der Waals surface area (Å²) in [5.74, 6) is -1.02. The zero-order valence-electron chi connectivity index (χ0n) is 7.19. The van der Waals surface area contributed by atoms with Gasteiger partial charge in [0.05, 0.1) is 5.56 Å². The third kappa shape index (κ3) is 2.43. The summed E-state index contributed by atoms with van der Waals surface area (Å²) in [5.41, 5.74) is 0.662. The third-order valence-corrected chi connectivity index (χ3v) is 1.81. The summed E-state index contributed by atoms with van der Waals surface area (Å²) in [6.07, 6.45) is 0. The first-order chi connectivity index (χ1) is 6.50. The molecule has 0 radical (unpaired) electrons. The number of carbonyl (C=O) groups excluding carboxylic acids is 1. The number of hydrogen-bond acceptors (Lipinski definition) is 4. The number of benzene rings is 1. The van der Waals surface area contributed by atoms with Crippen molar-refractivity contribution in [2.45, 2.75) is 6.92 Å². The van der Waals surface area contributed by atoms with E-state index >= 15 is 0 Å². The molecule has 0 spiro atoms. The minimum Gasteiger partial charge on any atom is -0.263 e. The van der Waals surface area contributed by atoms with Gasteiger partial charge in [-0.2, -0.15) is 0 Å². The van der Waals surface area contributed by atoms with Crippen molar-refractivity contribution < 1.29 is 14.7 Å². The number of hydrogen-bond donors (Lipinski definition) is 0. The molecule has 1 rings (SSSR count). The summed E-state index contributed by atoms with van der Waals surface area (Å²) in [6, 6.07) is 4.49. The van der Waals surface area contributed by atoms with Gasteiger partial charge < -0.3 is 0 Å². The van der Waals surface area contributed by atoms with Crippen LogP contribution in [-0.2, 0) is 4.84 Å². The van der Waals surface area contributed by atoms with E-state index in [1.807, 2.05) is 0 Å². The van der Waals surface area contributed by atoms with Crippen LogP contribution in [0.15, 0.2) is 18.2 Å². The van der Waals surface area contributed by atoms with Crippen LogP contribution in [0, 0.1) is 17.0 Å². The molecule has 0 aliphatic carbocycles.